The minimum Gasteiger partial charge on any atom is -0.398 e. The molecule has 2 N–H and O–H groups in total. The number of benzene rings is 1. The summed E-state index contributed by atoms with van der Waals surface area (Å²) < 4.78 is 12.6. The van der Waals surface area contributed by atoms with Gasteiger partial charge >= 0.3 is 0 Å². The molecular formula is C14H20BrNO2. The van der Waals surface area contributed by atoms with Crippen LogP contribution in [0.3, 0.4) is 0 Å². The molecular weight excluding hydrogens is 294 g/mol. The third kappa shape index (κ3) is 3.70. The van der Waals surface area contributed by atoms with Crippen molar-refractivity contribution in [1.29, 1.82) is 0 Å². The maximum Gasteiger partial charge on any atom is 0.0740 e. The zero-order valence-electron chi connectivity index (χ0n) is 10.9. The molecule has 0 aliphatic carbocycles. The van der Waals surface area contributed by atoms with E-state index in [1.54, 1.807) is 0 Å². The van der Waals surface area contributed by atoms with Crippen LogP contribution in [0.4, 0.5) is 5.69 Å². The van der Waals surface area contributed by atoms with Crippen LogP contribution in [0.25, 0.3) is 0 Å². The lowest BCUT2D eigenvalue weighted by Gasteiger charge is -2.32. The number of hydrogen-bond donors (Lipinski definition) is 1. The van der Waals surface area contributed by atoms with Gasteiger partial charge in [-0.1, -0.05) is 22.0 Å². The number of rotatable bonds is 3. The van der Waals surface area contributed by atoms with Gasteiger partial charge in [0.2, 0.25) is 0 Å². The summed E-state index contributed by atoms with van der Waals surface area (Å²) in [5.41, 5.74) is 7.78. The maximum atomic E-state index is 5.96. The fourth-order valence-electron chi connectivity index (χ4n) is 2.39. The standard InChI is InChI=1S/C14H20BrNO2/c1-9-5-13(6-10(2)18-9)17-8-11-3-4-12(15)7-14(11)16/h3-4,7,9-10,13H,5-6,8,16H2,1-2H3. The molecule has 3 nitrogen and oxygen atoms in total. The zero-order chi connectivity index (χ0) is 13.1. The molecule has 4 heteroatoms. The normalized spacial score (nSPS) is 28.3. The summed E-state index contributed by atoms with van der Waals surface area (Å²) in [7, 11) is 0. The first-order valence-corrected chi connectivity index (χ1v) is 7.15. The number of nitrogens with two attached hydrogens (primary N) is 1. The maximum absolute atomic E-state index is 5.96. The lowest BCUT2D eigenvalue weighted by Crippen LogP contribution is -2.34. The Bertz CT molecular complexity index is 401. The van der Waals surface area contributed by atoms with Crippen molar-refractivity contribution in [2.45, 2.75) is 51.6 Å². The van der Waals surface area contributed by atoms with Gasteiger partial charge < -0.3 is 15.2 Å². The summed E-state index contributed by atoms with van der Waals surface area (Å²) >= 11 is 3.40. The van der Waals surface area contributed by atoms with Crippen molar-refractivity contribution in [3.63, 3.8) is 0 Å². The molecule has 18 heavy (non-hydrogen) atoms. The van der Waals surface area contributed by atoms with Crippen LogP contribution in [0, 0.1) is 0 Å². The van der Waals surface area contributed by atoms with Crippen molar-refractivity contribution in [3.05, 3.63) is 28.2 Å². The molecule has 1 aliphatic rings. The van der Waals surface area contributed by atoms with E-state index in [0.717, 1.165) is 28.6 Å². The SMILES string of the molecule is CC1CC(OCc2ccc(Br)cc2N)CC(C)O1. The van der Waals surface area contributed by atoms with Gasteiger partial charge in [0.05, 0.1) is 24.9 Å². The van der Waals surface area contributed by atoms with Gasteiger partial charge in [0, 0.05) is 15.7 Å². The molecule has 1 aliphatic heterocycles. The summed E-state index contributed by atoms with van der Waals surface area (Å²) in [4.78, 5) is 0. The summed E-state index contributed by atoms with van der Waals surface area (Å²) in [5.74, 6) is 0. The Hall–Kier alpha value is -0.580. The monoisotopic (exact) mass is 313 g/mol. The Balaban J connectivity index is 1.91. The van der Waals surface area contributed by atoms with Crippen LogP contribution in [0.1, 0.15) is 32.3 Å². The van der Waals surface area contributed by atoms with Gasteiger partial charge in [0.25, 0.3) is 0 Å². The van der Waals surface area contributed by atoms with Crippen LogP contribution < -0.4 is 5.73 Å². The number of anilines is 1. The van der Waals surface area contributed by atoms with E-state index in [2.05, 4.69) is 29.8 Å². The molecule has 100 valence electrons. The molecule has 1 aromatic rings. The van der Waals surface area contributed by atoms with Crippen LogP contribution in [0.2, 0.25) is 0 Å². The third-order valence-corrected chi connectivity index (χ3v) is 3.73. The fraction of sp³-hybridized carbons (Fsp3) is 0.571. The Kier molecular flexibility index (Phi) is 4.65. The van der Waals surface area contributed by atoms with Crippen molar-refractivity contribution >= 4 is 21.6 Å². The zero-order valence-corrected chi connectivity index (χ0v) is 12.4. The Morgan fingerprint density at radius 3 is 2.61 bits per heavy atom. The average Bonchev–Trinajstić information content (AvgIpc) is 2.26. The van der Waals surface area contributed by atoms with Gasteiger partial charge in [-0.2, -0.15) is 0 Å². The highest BCUT2D eigenvalue weighted by Gasteiger charge is 2.24. The Morgan fingerprint density at radius 2 is 2.00 bits per heavy atom. The largest absolute Gasteiger partial charge is 0.398 e. The molecule has 1 fully saturated rings. The highest BCUT2D eigenvalue weighted by molar-refractivity contribution is 9.10. The summed E-state index contributed by atoms with van der Waals surface area (Å²) in [6.45, 7) is 4.77. The molecule has 0 aromatic heterocycles. The topological polar surface area (TPSA) is 44.5 Å². The van der Waals surface area contributed by atoms with Crippen LogP contribution in [-0.4, -0.2) is 18.3 Å². The molecule has 1 saturated heterocycles. The second-order valence-corrected chi connectivity index (χ2v) is 5.92. The second kappa shape index (κ2) is 6.04. The van der Waals surface area contributed by atoms with E-state index in [9.17, 15) is 0 Å². The van der Waals surface area contributed by atoms with Gasteiger partial charge in [-0.05, 0) is 38.8 Å². The first-order valence-electron chi connectivity index (χ1n) is 6.35. The van der Waals surface area contributed by atoms with E-state index in [1.807, 2.05) is 18.2 Å². The van der Waals surface area contributed by atoms with E-state index in [0.29, 0.717) is 6.61 Å². The van der Waals surface area contributed by atoms with Crippen LogP contribution in [0.5, 0.6) is 0 Å². The summed E-state index contributed by atoms with van der Waals surface area (Å²) in [6.07, 6.45) is 2.75. The van der Waals surface area contributed by atoms with Gasteiger partial charge in [-0.15, -0.1) is 0 Å². The van der Waals surface area contributed by atoms with Crippen LogP contribution in [-0.2, 0) is 16.1 Å². The smallest absolute Gasteiger partial charge is 0.0740 e. The Labute approximate surface area is 117 Å². The predicted octanol–water partition coefficient (Wildman–Crippen LogP) is 3.50. The Morgan fingerprint density at radius 1 is 1.33 bits per heavy atom. The van der Waals surface area contributed by atoms with Crippen molar-refractivity contribution in [3.8, 4) is 0 Å². The van der Waals surface area contributed by atoms with Crippen LogP contribution >= 0.6 is 15.9 Å². The lowest BCUT2D eigenvalue weighted by molar-refractivity contribution is -0.106. The van der Waals surface area contributed by atoms with Crippen molar-refractivity contribution < 1.29 is 9.47 Å². The third-order valence-electron chi connectivity index (χ3n) is 3.24. The average molecular weight is 314 g/mol. The van der Waals surface area contributed by atoms with Crippen LogP contribution in [0.15, 0.2) is 22.7 Å². The lowest BCUT2D eigenvalue weighted by atomic mass is 10.0. The highest BCUT2D eigenvalue weighted by Crippen LogP contribution is 2.24. The van der Waals surface area contributed by atoms with E-state index in [-0.39, 0.29) is 18.3 Å². The molecule has 0 bridgehead atoms. The highest BCUT2D eigenvalue weighted by atomic mass is 79.9. The van der Waals surface area contributed by atoms with E-state index >= 15 is 0 Å². The number of nitrogen functional groups attached to an aromatic ring is 1. The molecule has 2 atom stereocenters. The summed E-state index contributed by atoms with van der Waals surface area (Å²) in [6, 6.07) is 5.91. The van der Waals surface area contributed by atoms with Gasteiger partial charge in [0.15, 0.2) is 0 Å². The quantitative estimate of drug-likeness (QED) is 0.869. The van der Waals surface area contributed by atoms with Gasteiger partial charge in [0.1, 0.15) is 0 Å². The second-order valence-electron chi connectivity index (χ2n) is 5.00. The van der Waals surface area contributed by atoms with E-state index in [1.165, 1.54) is 0 Å². The minimum absolute atomic E-state index is 0.270. The first kappa shape index (κ1) is 13.8. The number of ether oxygens (including phenoxy) is 2. The molecule has 2 unspecified atom stereocenters. The van der Waals surface area contributed by atoms with Crippen molar-refractivity contribution in [2.24, 2.45) is 0 Å². The number of hydrogen-bond acceptors (Lipinski definition) is 3. The van der Waals surface area contributed by atoms with E-state index < -0.39 is 0 Å². The molecule has 1 heterocycles. The molecule has 0 saturated carbocycles. The number of halogens is 1. The molecule has 0 amide bonds. The summed E-state index contributed by atoms with van der Waals surface area (Å²) in [5, 5.41) is 0. The molecule has 0 radical (unpaired) electrons. The fourth-order valence-corrected chi connectivity index (χ4v) is 2.76. The van der Waals surface area contributed by atoms with Gasteiger partial charge in [-0.3, -0.25) is 0 Å². The van der Waals surface area contributed by atoms with Crippen molar-refractivity contribution in [1.82, 2.24) is 0 Å². The predicted molar refractivity (Wildman–Crippen MR) is 76.4 cm³/mol. The minimum atomic E-state index is 0.270. The van der Waals surface area contributed by atoms with E-state index in [4.69, 9.17) is 15.2 Å². The molecule has 1 aromatic carbocycles. The molecule has 2 rings (SSSR count). The van der Waals surface area contributed by atoms with Gasteiger partial charge in [-0.25, -0.2) is 0 Å². The van der Waals surface area contributed by atoms with Crippen molar-refractivity contribution in [2.75, 3.05) is 5.73 Å². The molecule has 0 spiro atoms. The first-order chi connectivity index (χ1) is 8.54.